The lowest BCUT2D eigenvalue weighted by Crippen LogP contribution is -2.03. The van der Waals surface area contributed by atoms with Gasteiger partial charge in [0.1, 0.15) is 0 Å². The van der Waals surface area contributed by atoms with Crippen LogP contribution < -0.4 is 0 Å². The van der Waals surface area contributed by atoms with E-state index in [-0.39, 0.29) is 0 Å². The van der Waals surface area contributed by atoms with Crippen LogP contribution in [0.25, 0.3) is 103 Å². The average molecular weight is 655 g/mol. The molecule has 0 N–H and O–H groups in total. The molecule has 0 radical (unpaired) electrons. The Morgan fingerprint density at radius 2 is 1.04 bits per heavy atom. The van der Waals surface area contributed by atoms with Crippen molar-refractivity contribution >= 4 is 85.9 Å². The van der Waals surface area contributed by atoms with Gasteiger partial charge in [-0.1, -0.05) is 115 Å². The second-order valence-corrected chi connectivity index (χ2v) is 13.9. The number of rotatable bonds is 3. The molecule has 50 heavy (non-hydrogen) atoms. The number of aromatic nitrogens is 4. The maximum Gasteiger partial charge on any atom is 0.235 e. The Hall–Kier alpha value is -6.43. The van der Waals surface area contributed by atoms with E-state index in [1.165, 1.54) is 30.9 Å². The van der Waals surface area contributed by atoms with Gasteiger partial charge in [0.25, 0.3) is 0 Å². The molecule has 11 aromatic rings. The number of pyridine rings is 1. The molecule has 232 valence electrons. The van der Waals surface area contributed by atoms with Crippen molar-refractivity contribution < 1.29 is 0 Å². The fourth-order valence-electron chi connectivity index (χ4n) is 7.71. The number of nitrogens with zero attached hydrogens (tertiary/aromatic N) is 4. The molecule has 0 saturated carbocycles. The molecule has 0 unspecified atom stereocenters. The molecule has 4 nitrogen and oxygen atoms in total. The second-order valence-electron chi connectivity index (χ2n) is 12.8. The van der Waals surface area contributed by atoms with Gasteiger partial charge < -0.3 is 0 Å². The highest BCUT2D eigenvalue weighted by Crippen LogP contribution is 2.41. The smallest absolute Gasteiger partial charge is 0.235 e. The molecule has 5 heteroatoms. The molecule has 4 aromatic heterocycles. The molecule has 0 spiro atoms. The summed E-state index contributed by atoms with van der Waals surface area (Å²) in [5.41, 5.74) is 8.11. The molecule has 0 amide bonds. The van der Waals surface area contributed by atoms with Gasteiger partial charge in [-0.2, -0.15) is 0 Å². The van der Waals surface area contributed by atoms with Gasteiger partial charge in [-0.05, 0) is 47.9 Å². The molecule has 0 aliphatic carbocycles. The Bertz CT molecular complexity index is 3160. The molecule has 0 atom stereocenters. The Balaban J connectivity index is 1.16. The van der Waals surface area contributed by atoms with Crippen molar-refractivity contribution in [3.8, 4) is 28.5 Å². The van der Waals surface area contributed by atoms with Crippen molar-refractivity contribution in [3.05, 3.63) is 158 Å². The van der Waals surface area contributed by atoms with Crippen molar-refractivity contribution in [2.45, 2.75) is 0 Å². The molecule has 7 aromatic carbocycles. The Kier molecular flexibility index (Phi) is 5.80. The molecule has 0 bridgehead atoms. The minimum Gasteiger partial charge on any atom is -0.278 e. The topological polar surface area (TPSA) is 43.6 Å². The lowest BCUT2D eigenvalue weighted by atomic mass is 9.98. The SMILES string of the molecule is c1ccc(-c2nc(-n3c4ccccc4c4cc(-c5nc6cc7sc8ccccc8c7cc6c6ccccc56)ccc43)nc3ccccc23)cc1. The number of hydrogen-bond donors (Lipinski definition) is 0. The van der Waals surface area contributed by atoms with Crippen LogP contribution in [0.3, 0.4) is 0 Å². The van der Waals surface area contributed by atoms with Gasteiger partial charge in [0.2, 0.25) is 5.95 Å². The Labute approximate surface area is 290 Å². The van der Waals surface area contributed by atoms with E-state index in [1.54, 1.807) is 0 Å². The predicted molar refractivity (Wildman–Crippen MR) is 210 cm³/mol. The first-order valence-corrected chi connectivity index (χ1v) is 17.6. The number of benzene rings is 7. The van der Waals surface area contributed by atoms with Gasteiger partial charge in [0.15, 0.2) is 0 Å². The van der Waals surface area contributed by atoms with Crippen LogP contribution >= 0.6 is 11.3 Å². The average Bonchev–Trinajstić information content (AvgIpc) is 3.71. The molecule has 0 saturated heterocycles. The van der Waals surface area contributed by atoms with Crippen LogP contribution in [0, 0.1) is 0 Å². The lowest BCUT2D eigenvalue weighted by Gasteiger charge is -2.12. The first-order chi connectivity index (χ1) is 24.8. The van der Waals surface area contributed by atoms with Crippen LogP contribution in [0.2, 0.25) is 0 Å². The van der Waals surface area contributed by atoms with E-state index < -0.39 is 0 Å². The van der Waals surface area contributed by atoms with Gasteiger partial charge in [-0.25, -0.2) is 15.0 Å². The Morgan fingerprint density at radius 3 is 1.92 bits per heavy atom. The molecule has 0 aliphatic heterocycles. The number of fused-ring (bicyclic) bond motifs is 10. The van der Waals surface area contributed by atoms with E-state index in [0.717, 1.165) is 66.1 Å². The van der Waals surface area contributed by atoms with Crippen molar-refractivity contribution in [2.75, 3.05) is 0 Å². The molecule has 0 aliphatic rings. The highest BCUT2D eigenvalue weighted by atomic mass is 32.1. The van der Waals surface area contributed by atoms with Gasteiger partial charge in [-0.15, -0.1) is 11.3 Å². The highest BCUT2D eigenvalue weighted by Gasteiger charge is 2.19. The van der Waals surface area contributed by atoms with Crippen molar-refractivity contribution in [3.63, 3.8) is 0 Å². The standard InChI is InChI=1S/C45H26N4S/c1-2-12-27(13-3-1)43-33-18-6-9-19-37(33)47-45(48-43)49-39-20-10-7-15-30(39)35-24-28(22-23-40(35)49)44-32-17-5-4-14-29(32)34-25-36-31-16-8-11-21-41(31)50-42(36)26-38(34)46-44/h1-26H. The number of para-hydroxylation sites is 2. The van der Waals surface area contributed by atoms with Gasteiger partial charge in [0, 0.05) is 58.2 Å². The van der Waals surface area contributed by atoms with E-state index in [9.17, 15) is 0 Å². The summed E-state index contributed by atoms with van der Waals surface area (Å²) in [5.74, 6) is 0.656. The van der Waals surface area contributed by atoms with E-state index >= 15 is 0 Å². The van der Waals surface area contributed by atoms with Crippen molar-refractivity contribution in [1.29, 1.82) is 0 Å². The third kappa shape index (κ3) is 4.01. The van der Waals surface area contributed by atoms with Crippen molar-refractivity contribution in [1.82, 2.24) is 19.5 Å². The summed E-state index contributed by atoms with van der Waals surface area (Å²) >= 11 is 1.83. The fraction of sp³-hybridized carbons (Fsp3) is 0. The number of hydrogen-bond acceptors (Lipinski definition) is 4. The summed E-state index contributed by atoms with van der Waals surface area (Å²) in [4.78, 5) is 15.8. The Morgan fingerprint density at radius 1 is 0.360 bits per heavy atom. The van der Waals surface area contributed by atoms with Crippen LogP contribution in [-0.2, 0) is 0 Å². The summed E-state index contributed by atoms with van der Waals surface area (Å²) in [6.45, 7) is 0. The highest BCUT2D eigenvalue weighted by molar-refractivity contribution is 7.25. The first-order valence-electron chi connectivity index (χ1n) is 16.8. The maximum atomic E-state index is 5.40. The fourth-order valence-corrected chi connectivity index (χ4v) is 8.83. The quantitative estimate of drug-likeness (QED) is 0.178. The van der Waals surface area contributed by atoms with Gasteiger partial charge in [0.05, 0.1) is 33.5 Å². The van der Waals surface area contributed by atoms with Crippen LogP contribution in [0.4, 0.5) is 0 Å². The summed E-state index contributed by atoms with van der Waals surface area (Å²) in [5, 5.41) is 9.46. The van der Waals surface area contributed by atoms with E-state index in [4.69, 9.17) is 15.0 Å². The molecular formula is C45H26N4S. The minimum atomic E-state index is 0.656. The maximum absolute atomic E-state index is 5.40. The van der Waals surface area contributed by atoms with E-state index in [0.29, 0.717) is 5.95 Å². The van der Waals surface area contributed by atoms with Crippen LogP contribution in [0.5, 0.6) is 0 Å². The van der Waals surface area contributed by atoms with Gasteiger partial charge in [-0.3, -0.25) is 4.57 Å². The zero-order chi connectivity index (χ0) is 32.8. The van der Waals surface area contributed by atoms with Crippen LogP contribution in [0.1, 0.15) is 0 Å². The summed E-state index contributed by atoms with van der Waals surface area (Å²) in [6, 6.07) is 55.9. The third-order valence-electron chi connectivity index (χ3n) is 9.98. The molecular weight excluding hydrogens is 629 g/mol. The normalized spacial score (nSPS) is 12.0. The third-order valence-corrected chi connectivity index (χ3v) is 11.1. The molecule has 0 fully saturated rings. The summed E-state index contributed by atoms with van der Waals surface area (Å²) in [7, 11) is 0. The van der Waals surface area contributed by atoms with Gasteiger partial charge >= 0.3 is 0 Å². The largest absolute Gasteiger partial charge is 0.278 e. The molecule has 4 heterocycles. The second kappa shape index (κ2) is 10.5. The molecule has 11 rings (SSSR count). The minimum absolute atomic E-state index is 0.656. The van der Waals surface area contributed by atoms with E-state index in [2.05, 4.69) is 150 Å². The monoisotopic (exact) mass is 654 g/mol. The van der Waals surface area contributed by atoms with E-state index in [1.807, 2.05) is 23.5 Å². The first kappa shape index (κ1) is 27.5. The van der Waals surface area contributed by atoms with Crippen molar-refractivity contribution in [2.24, 2.45) is 0 Å². The van der Waals surface area contributed by atoms with Crippen LogP contribution in [0.15, 0.2) is 158 Å². The lowest BCUT2D eigenvalue weighted by molar-refractivity contribution is 1.01. The predicted octanol–water partition coefficient (Wildman–Crippen LogP) is 12.1. The summed E-state index contributed by atoms with van der Waals surface area (Å²) < 4.78 is 4.77. The zero-order valence-electron chi connectivity index (χ0n) is 26.7. The number of thiophene rings is 1. The zero-order valence-corrected chi connectivity index (χ0v) is 27.5. The summed E-state index contributed by atoms with van der Waals surface area (Å²) in [6.07, 6.45) is 0. The van der Waals surface area contributed by atoms with Crippen LogP contribution in [-0.4, -0.2) is 19.5 Å².